The molecule has 6 heteroatoms. The Morgan fingerprint density at radius 1 is 0.739 bits per heavy atom. The van der Waals surface area contributed by atoms with Gasteiger partial charge in [0.25, 0.3) is 0 Å². The molecule has 0 unspecified atom stereocenters. The van der Waals surface area contributed by atoms with Gasteiger partial charge >= 0.3 is 17.9 Å². The maximum atomic E-state index is 11.2. The molecule has 0 bridgehead atoms. The Morgan fingerprint density at radius 2 is 1.39 bits per heavy atom. The molecule has 0 saturated carbocycles. The Kier molecular flexibility index (Phi) is 4.43. The summed E-state index contributed by atoms with van der Waals surface area (Å²) in [5.74, 6) is 1.70. The number of aromatic carboxylic acids is 3. The smallest absolute Gasteiger partial charge is 0.336 e. The number of carboxylic acids is 3. The fraction of sp³-hybridized carbons (Fsp3) is 0. The zero-order valence-electron chi connectivity index (χ0n) is 11.6. The topological polar surface area (TPSA) is 112 Å². The SMILES string of the molecule is O=C(O)c1cccc(C#Cc2cc(C(=O)O)ccc2C(=O)O)c1. The van der Waals surface area contributed by atoms with Gasteiger partial charge in [-0.3, -0.25) is 0 Å². The summed E-state index contributed by atoms with van der Waals surface area (Å²) in [4.78, 5) is 33.0. The highest BCUT2D eigenvalue weighted by Gasteiger charge is 2.12. The van der Waals surface area contributed by atoms with E-state index in [4.69, 9.17) is 15.3 Å². The summed E-state index contributed by atoms with van der Waals surface area (Å²) in [6.45, 7) is 0. The van der Waals surface area contributed by atoms with E-state index in [1.165, 1.54) is 36.4 Å². The van der Waals surface area contributed by atoms with E-state index in [0.29, 0.717) is 5.56 Å². The van der Waals surface area contributed by atoms with Gasteiger partial charge in [0.1, 0.15) is 0 Å². The molecule has 0 fully saturated rings. The summed E-state index contributed by atoms with van der Waals surface area (Å²) in [7, 11) is 0. The number of carboxylic acid groups (broad SMARTS) is 3. The summed E-state index contributed by atoms with van der Waals surface area (Å²) in [6, 6.07) is 9.35. The number of hydrogen-bond donors (Lipinski definition) is 3. The highest BCUT2D eigenvalue weighted by atomic mass is 16.4. The van der Waals surface area contributed by atoms with Gasteiger partial charge in [0.15, 0.2) is 0 Å². The number of carbonyl (C=O) groups is 3. The predicted octanol–water partition coefficient (Wildman–Crippen LogP) is 2.18. The molecule has 3 N–H and O–H groups in total. The molecule has 0 aliphatic heterocycles. The van der Waals surface area contributed by atoms with E-state index in [-0.39, 0.29) is 22.3 Å². The van der Waals surface area contributed by atoms with Crippen molar-refractivity contribution in [2.45, 2.75) is 0 Å². The van der Waals surface area contributed by atoms with E-state index < -0.39 is 17.9 Å². The second-order valence-electron chi connectivity index (χ2n) is 4.51. The molecule has 2 rings (SSSR count). The van der Waals surface area contributed by atoms with Crippen molar-refractivity contribution in [3.05, 3.63) is 70.3 Å². The van der Waals surface area contributed by atoms with Gasteiger partial charge in [-0.15, -0.1) is 0 Å². The molecule has 0 spiro atoms. The van der Waals surface area contributed by atoms with E-state index in [1.54, 1.807) is 6.07 Å². The van der Waals surface area contributed by atoms with E-state index in [1.807, 2.05) is 0 Å². The van der Waals surface area contributed by atoms with Crippen LogP contribution in [0, 0.1) is 11.8 Å². The molecular weight excluding hydrogens is 300 g/mol. The maximum Gasteiger partial charge on any atom is 0.336 e. The van der Waals surface area contributed by atoms with Crippen LogP contribution < -0.4 is 0 Å². The Hall–Kier alpha value is -3.59. The molecule has 0 amide bonds. The molecule has 0 aromatic heterocycles. The molecule has 0 saturated heterocycles. The molecule has 2 aromatic rings. The second-order valence-corrected chi connectivity index (χ2v) is 4.51. The summed E-state index contributed by atoms with van der Waals surface area (Å²) in [5.41, 5.74) is 0.255. The molecule has 2 aromatic carbocycles. The summed E-state index contributed by atoms with van der Waals surface area (Å²) in [6.07, 6.45) is 0. The maximum absolute atomic E-state index is 11.2. The van der Waals surface area contributed by atoms with Gasteiger partial charge in [0.2, 0.25) is 0 Å². The normalized spacial score (nSPS) is 9.57. The molecule has 23 heavy (non-hydrogen) atoms. The van der Waals surface area contributed by atoms with Gasteiger partial charge in [0.05, 0.1) is 16.7 Å². The van der Waals surface area contributed by atoms with Crippen LogP contribution in [0.5, 0.6) is 0 Å². The minimum Gasteiger partial charge on any atom is -0.478 e. The molecule has 0 aliphatic carbocycles. The predicted molar refractivity (Wildman–Crippen MR) is 79.7 cm³/mol. The van der Waals surface area contributed by atoms with Crippen LogP contribution in [0.4, 0.5) is 0 Å². The highest BCUT2D eigenvalue weighted by molar-refractivity contribution is 5.94. The van der Waals surface area contributed by atoms with E-state index in [2.05, 4.69) is 11.8 Å². The average Bonchev–Trinajstić information content (AvgIpc) is 2.52. The van der Waals surface area contributed by atoms with Crippen molar-refractivity contribution in [3.8, 4) is 11.8 Å². The van der Waals surface area contributed by atoms with Gasteiger partial charge in [-0.2, -0.15) is 0 Å². The molecule has 0 atom stereocenters. The first kappa shape index (κ1) is 15.8. The number of hydrogen-bond acceptors (Lipinski definition) is 3. The Morgan fingerprint density at radius 3 is 2.00 bits per heavy atom. The van der Waals surface area contributed by atoms with Crippen LogP contribution in [0.3, 0.4) is 0 Å². The minimum atomic E-state index is -1.23. The third kappa shape index (κ3) is 3.74. The van der Waals surface area contributed by atoms with Crippen LogP contribution in [-0.4, -0.2) is 33.2 Å². The van der Waals surface area contributed by atoms with Crippen molar-refractivity contribution < 1.29 is 29.7 Å². The lowest BCUT2D eigenvalue weighted by atomic mass is 10.0. The number of rotatable bonds is 3. The first-order valence-electron chi connectivity index (χ1n) is 6.34. The second kappa shape index (κ2) is 6.45. The molecule has 6 nitrogen and oxygen atoms in total. The van der Waals surface area contributed by atoms with Crippen LogP contribution in [0.15, 0.2) is 42.5 Å². The molecule has 114 valence electrons. The van der Waals surface area contributed by atoms with Gasteiger partial charge in [0, 0.05) is 11.1 Å². The van der Waals surface area contributed by atoms with E-state index in [9.17, 15) is 14.4 Å². The lowest BCUT2D eigenvalue weighted by molar-refractivity contribution is 0.0681. The monoisotopic (exact) mass is 310 g/mol. The van der Waals surface area contributed by atoms with Crippen LogP contribution in [0.2, 0.25) is 0 Å². The fourth-order valence-corrected chi connectivity index (χ4v) is 1.84. The third-order valence-electron chi connectivity index (χ3n) is 2.95. The van der Waals surface area contributed by atoms with Crippen LogP contribution >= 0.6 is 0 Å². The van der Waals surface area contributed by atoms with Crippen molar-refractivity contribution in [2.75, 3.05) is 0 Å². The summed E-state index contributed by atoms with van der Waals surface area (Å²) < 4.78 is 0. The van der Waals surface area contributed by atoms with Crippen molar-refractivity contribution in [1.29, 1.82) is 0 Å². The summed E-state index contributed by atoms with van der Waals surface area (Å²) >= 11 is 0. The van der Waals surface area contributed by atoms with Crippen molar-refractivity contribution in [2.24, 2.45) is 0 Å². The molecule has 0 aliphatic rings. The van der Waals surface area contributed by atoms with Gasteiger partial charge in [-0.25, -0.2) is 14.4 Å². The highest BCUT2D eigenvalue weighted by Crippen LogP contribution is 2.12. The van der Waals surface area contributed by atoms with Gasteiger partial charge < -0.3 is 15.3 Å². The molecule has 0 heterocycles. The summed E-state index contributed by atoms with van der Waals surface area (Å²) in [5, 5.41) is 27.0. The fourth-order valence-electron chi connectivity index (χ4n) is 1.84. The first-order valence-corrected chi connectivity index (χ1v) is 6.34. The minimum absolute atomic E-state index is 0.0399. The van der Waals surface area contributed by atoms with Crippen LogP contribution in [-0.2, 0) is 0 Å². The zero-order chi connectivity index (χ0) is 17.0. The van der Waals surface area contributed by atoms with E-state index in [0.717, 1.165) is 0 Å². The average molecular weight is 310 g/mol. The first-order chi connectivity index (χ1) is 10.9. The van der Waals surface area contributed by atoms with Gasteiger partial charge in [-0.1, -0.05) is 17.9 Å². The Labute approximate surface area is 130 Å². The standard InChI is InChI=1S/C17H10O6/c18-15(19)12-3-1-2-10(8-12)4-5-11-9-13(16(20)21)6-7-14(11)17(22)23/h1-3,6-9H,(H,18,19)(H,20,21)(H,22,23). The Balaban J connectivity index is 2.49. The lowest BCUT2D eigenvalue weighted by Crippen LogP contribution is -2.04. The molecular formula is C17H10O6. The Bertz CT molecular complexity index is 870. The van der Waals surface area contributed by atoms with Crippen molar-refractivity contribution >= 4 is 17.9 Å². The quantitative estimate of drug-likeness (QED) is 0.749. The largest absolute Gasteiger partial charge is 0.478 e. The van der Waals surface area contributed by atoms with Gasteiger partial charge in [-0.05, 0) is 36.4 Å². The van der Waals surface area contributed by atoms with E-state index >= 15 is 0 Å². The van der Waals surface area contributed by atoms with Crippen LogP contribution in [0.25, 0.3) is 0 Å². The zero-order valence-corrected chi connectivity index (χ0v) is 11.6. The third-order valence-corrected chi connectivity index (χ3v) is 2.95. The van der Waals surface area contributed by atoms with Crippen molar-refractivity contribution in [1.82, 2.24) is 0 Å². The number of benzene rings is 2. The van der Waals surface area contributed by atoms with Crippen molar-refractivity contribution in [3.63, 3.8) is 0 Å². The van der Waals surface area contributed by atoms with Crippen LogP contribution in [0.1, 0.15) is 42.2 Å². The molecule has 0 radical (unpaired) electrons. The lowest BCUT2D eigenvalue weighted by Gasteiger charge is -2.01.